The lowest BCUT2D eigenvalue weighted by atomic mass is 10.2. The van der Waals surface area contributed by atoms with Gasteiger partial charge in [-0.2, -0.15) is 0 Å². The zero-order chi connectivity index (χ0) is 12.1. The van der Waals surface area contributed by atoms with Gasteiger partial charge in [0.2, 0.25) is 0 Å². The van der Waals surface area contributed by atoms with Gasteiger partial charge in [0.25, 0.3) is 0 Å². The summed E-state index contributed by atoms with van der Waals surface area (Å²) >= 11 is 3.10. The normalized spacial score (nSPS) is 20.3. The molecule has 0 spiro atoms. The van der Waals surface area contributed by atoms with Crippen molar-refractivity contribution in [1.29, 1.82) is 0 Å². The van der Waals surface area contributed by atoms with E-state index >= 15 is 0 Å². The molecular weight excluding hydrogens is 280 g/mol. The average molecular weight is 293 g/mol. The van der Waals surface area contributed by atoms with Gasteiger partial charge in [0.15, 0.2) is 6.04 Å². The van der Waals surface area contributed by atoms with Gasteiger partial charge in [-0.15, -0.1) is 0 Å². The molecule has 1 atom stereocenters. The number of carboxylic acids is 1. The van der Waals surface area contributed by atoms with Crippen LogP contribution in [0.25, 0.3) is 0 Å². The highest BCUT2D eigenvalue weighted by Crippen LogP contribution is 2.08. The molecule has 2 N–H and O–H groups in total. The predicted molar refractivity (Wildman–Crippen MR) is 60.4 cm³/mol. The van der Waals surface area contributed by atoms with E-state index in [4.69, 9.17) is 9.84 Å². The molecular formula is C9H13BrN2O4. The van der Waals surface area contributed by atoms with E-state index in [1.807, 2.05) is 0 Å². The van der Waals surface area contributed by atoms with Gasteiger partial charge in [0.05, 0.1) is 19.8 Å². The Morgan fingerprint density at radius 3 is 2.88 bits per heavy atom. The second-order valence-electron chi connectivity index (χ2n) is 3.30. The van der Waals surface area contributed by atoms with Crippen LogP contribution in [0.15, 0.2) is 11.1 Å². The zero-order valence-corrected chi connectivity index (χ0v) is 10.2. The first-order chi connectivity index (χ1) is 7.52. The van der Waals surface area contributed by atoms with E-state index in [-0.39, 0.29) is 19.7 Å². The number of hydrogen-bond acceptors (Lipinski definition) is 3. The number of nitrogens with one attached hydrogen (secondary N) is 1. The maximum atomic E-state index is 11.7. The smallest absolute Gasteiger partial charge is 0.328 e. The summed E-state index contributed by atoms with van der Waals surface area (Å²) in [7, 11) is 0. The molecule has 7 heteroatoms. The van der Waals surface area contributed by atoms with Gasteiger partial charge < -0.3 is 20.1 Å². The number of morpholine rings is 1. The quantitative estimate of drug-likeness (QED) is 0.789. The molecule has 1 aliphatic heterocycles. The molecule has 0 aromatic carbocycles. The van der Waals surface area contributed by atoms with Gasteiger partial charge >= 0.3 is 12.0 Å². The molecule has 1 rings (SSSR count). The standard InChI is InChI=1S/C9H13BrN2O4/c1-6(10)4-11-9(15)12-2-3-16-5-7(12)8(13)14/h7H,1-5H2,(H,11,15)(H,13,14). The molecule has 1 heterocycles. The third-order valence-electron chi connectivity index (χ3n) is 2.11. The predicted octanol–water partition coefficient (Wildman–Crippen LogP) is 0.390. The lowest BCUT2D eigenvalue weighted by Gasteiger charge is -2.32. The Morgan fingerprint density at radius 1 is 1.62 bits per heavy atom. The minimum atomic E-state index is -1.06. The third kappa shape index (κ3) is 3.49. The number of amides is 2. The van der Waals surface area contributed by atoms with Crippen molar-refractivity contribution in [3.8, 4) is 0 Å². The van der Waals surface area contributed by atoms with E-state index in [2.05, 4.69) is 27.8 Å². The van der Waals surface area contributed by atoms with Crippen molar-refractivity contribution in [2.45, 2.75) is 6.04 Å². The SMILES string of the molecule is C=C(Br)CNC(=O)N1CCOCC1C(=O)O. The summed E-state index contributed by atoms with van der Waals surface area (Å²) in [6.45, 7) is 4.49. The topological polar surface area (TPSA) is 78.9 Å². The van der Waals surface area contributed by atoms with Crippen LogP contribution in [-0.2, 0) is 9.53 Å². The number of ether oxygens (including phenoxy) is 1. The van der Waals surface area contributed by atoms with Crippen molar-refractivity contribution in [1.82, 2.24) is 10.2 Å². The van der Waals surface area contributed by atoms with E-state index in [0.717, 1.165) is 0 Å². The highest BCUT2D eigenvalue weighted by molar-refractivity contribution is 9.11. The maximum Gasteiger partial charge on any atom is 0.328 e. The lowest BCUT2D eigenvalue weighted by Crippen LogP contribution is -2.55. The first-order valence-electron chi connectivity index (χ1n) is 4.70. The van der Waals surface area contributed by atoms with Crippen LogP contribution in [0.2, 0.25) is 0 Å². The first kappa shape index (κ1) is 13.0. The minimum absolute atomic E-state index is 0.0258. The fourth-order valence-corrected chi connectivity index (χ4v) is 1.46. The second-order valence-corrected chi connectivity index (χ2v) is 4.42. The van der Waals surface area contributed by atoms with Crippen LogP contribution in [0.3, 0.4) is 0 Å². The van der Waals surface area contributed by atoms with E-state index in [0.29, 0.717) is 11.1 Å². The summed E-state index contributed by atoms with van der Waals surface area (Å²) in [4.78, 5) is 23.8. The van der Waals surface area contributed by atoms with Crippen LogP contribution >= 0.6 is 15.9 Å². The lowest BCUT2D eigenvalue weighted by molar-refractivity contribution is -0.147. The summed E-state index contributed by atoms with van der Waals surface area (Å²) in [5.74, 6) is -1.06. The van der Waals surface area contributed by atoms with Gasteiger partial charge in [-0.3, -0.25) is 0 Å². The Labute approximate surface area is 101 Å². The highest BCUT2D eigenvalue weighted by atomic mass is 79.9. The fraction of sp³-hybridized carbons (Fsp3) is 0.556. The van der Waals surface area contributed by atoms with E-state index < -0.39 is 18.0 Å². The number of hydrogen-bond donors (Lipinski definition) is 2. The number of aliphatic carboxylic acids is 1. The molecule has 0 bridgehead atoms. The molecule has 2 amide bonds. The van der Waals surface area contributed by atoms with Crippen LogP contribution in [0.4, 0.5) is 4.79 Å². The summed E-state index contributed by atoms with van der Waals surface area (Å²) < 4.78 is 5.65. The minimum Gasteiger partial charge on any atom is -0.480 e. The molecule has 1 saturated heterocycles. The number of halogens is 1. The molecule has 0 aromatic heterocycles. The van der Waals surface area contributed by atoms with Crippen molar-refractivity contribution in [2.75, 3.05) is 26.3 Å². The highest BCUT2D eigenvalue weighted by Gasteiger charge is 2.32. The third-order valence-corrected chi connectivity index (χ3v) is 2.39. The molecule has 16 heavy (non-hydrogen) atoms. The molecule has 0 saturated carbocycles. The van der Waals surface area contributed by atoms with Crippen molar-refractivity contribution in [2.24, 2.45) is 0 Å². The summed E-state index contributed by atoms with van der Waals surface area (Å²) in [6, 6.07) is -1.34. The summed E-state index contributed by atoms with van der Waals surface area (Å²) in [5, 5.41) is 11.5. The van der Waals surface area contributed by atoms with E-state index in [1.54, 1.807) is 0 Å². The molecule has 1 aliphatic rings. The number of urea groups is 1. The molecule has 0 aromatic rings. The molecule has 6 nitrogen and oxygen atoms in total. The Bertz CT molecular complexity index is 308. The van der Waals surface area contributed by atoms with Crippen molar-refractivity contribution >= 4 is 27.9 Å². The van der Waals surface area contributed by atoms with Crippen molar-refractivity contribution in [3.05, 3.63) is 11.1 Å². The van der Waals surface area contributed by atoms with Crippen LogP contribution in [0.1, 0.15) is 0 Å². The van der Waals surface area contributed by atoms with Crippen molar-refractivity contribution < 1.29 is 19.4 Å². The Balaban J connectivity index is 2.57. The molecule has 90 valence electrons. The monoisotopic (exact) mass is 292 g/mol. The van der Waals surface area contributed by atoms with E-state index in [1.165, 1.54) is 4.90 Å². The number of carboxylic acid groups (broad SMARTS) is 1. The van der Waals surface area contributed by atoms with Gasteiger partial charge in [-0.05, 0) is 0 Å². The first-order valence-corrected chi connectivity index (χ1v) is 5.50. The van der Waals surface area contributed by atoms with Crippen LogP contribution < -0.4 is 5.32 Å². The number of rotatable bonds is 3. The number of carbonyl (C=O) groups excluding carboxylic acids is 1. The van der Waals surface area contributed by atoms with Gasteiger partial charge in [0, 0.05) is 11.0 Å². The second kappa shape index (κ2) is 5.86. The fourth-order valence-electron chi connectivity index (χ4n) is 1.32. The number of carbonyl (C=O) groups is 2. The van der Waals surface area contributed by atoms with Crippen LogP contribution in [0, 0.1) is 0 Å². The summed E-state index contributed by atoms with van der Waals surface area (Å²) in [5.41, 5.74) is 0. The Hall–Kier alpha value is -1.08. The van der Waals surface area contributed by atoms with Gasteiger partial charge in [0.1, 0.15) is 0 Å². The van der Waals surface area contributed by atoms with Crippen molar-refractivity contribution in [3.63, 3.8) is 0 Å². The summed E-state index contributed by atoms with van der Waals surface area (Å²) in [6.07, 6.45) is 0. The van der Waals surface area contributed by atoms with Crippen LogP contribution in [0.5, 0.6) is 0 Å². The van der Waals surface area contributed by atoms with Crippen LogP contribution in [-0.4, -0.2) is 54.4 Å². The average Bonchev–Trinajstić information content (AvgIpc) is 2.25. The van der Waals surface area contributed by atoms with E-state index in [9.17, 15) is 9.59 Å². The Kier molecular flexibility index (Phi) is 4.75. The largest absolute Gasteiger partial charge is 0.480 e. The van der Waals surface area contributed by atoms with Gasteiger partial charge in [-0.25, -0.2) is 9.59 Å². The molecule has 1 fully saturated rings. The Morgan fingerprint density at radius 2 is 2.31 bits per heavy atom. The molecule has 1 unspecified atom stereocenters. The zero-order valence-electron chi connectivity index (χ0n) is 8.61. The maximum absolute atomic E-state index is 11.7. The molecule has 0 radical (unpaired) electrons. The number of nitrogens with zero attached hydrogens (tertiary/aromatic N) is 1. The molecule has 0 aliphatic carbocycles. The van der Waals surface area contributed by atoms with Gasteiger partial charge in [-0.1, -0.05) is 22.5 Å².